The number of amides is 1. The van der Waals surface area contributed by atoms with E-state index in [4.69, 9.17) is 0 Å². The molecule has 29 heavy (non-hydrogen) atoms. The van der Waals surface area contributed by atoms with E-state index in [0.717, 1.165) is 22.4 Å². The summed E-state index contributed by atoms with van der Waals surface area (Å²) in [6.07, 6.45) is 2.78. The van der Waals surface area contributed by atoms with Crippen molar-refractivity contribution >= 4 is 33.9 Å². The Morgan fingerprint density at radius 1 is 1.03 bits per heavy atom. The van der Waals surface area contributed by atoms with Crippen LogP contribution in [-0.4, -0.2) is 23.2 Å². The summed E-state index contributed by atoms with van der Waals surface area (Å²) in [7, 11) is 0. The number of aromatic amines is 1. The van der Waals surface area contributed by atoms with Gasteiger partial charge in [0.1, 0.15) is 0 Å². The number of fused-ring (bicyclic) bond motifs is 1. The Labute approximate surface area is 173 Å². The Morgan fingerprint density at radius 2 is 1.83 bits per heavy atom. The number of rotatable bonds is 7. The second-order valence-electron chi connectivity index (χ2n) is 7.05. The Hall–Kier alpha value is -3.18. The number of ketones is 1. The lowest BCUT2D eigenvalue weighted by Crippen LogP contribution is -2.29. The second kappa shape index (κ2) is 8.45. The normalized spacial score (nSPS) is 12.0. The molecular weight excluding hydrogens is 380 g/mol. The van der Waals surface area contributed by atoms with Gasteiger partial charge in [0.2, 0.25) is 11.7 Å². The Bertz CT molecular complexity index is 1130. The van der Waals surface area contributed by atoms with Gasteiger partial charge in [0.05, 0.1) is 10.8 Å². The summed E-state index contributed by atoms with van der Waals surface area (Å²) in [5.41, 5.74) is 3.85. The maximum atomic E-state index is 12.6. The molecule has 5 heteroatoms. The van der Waals surface area contributed by atoms with Crippen LogP contribution in [0.25, 0.3) is 10.9 Å². The van der Waals surface area contributed by atoms with Crippen molar-refractivity contribution in [1.82, 2.24) is 10.3 Å². The summed E-state index contributed by atoms with van der Waals surface area (Å²) in [5.74, 6) is -0.270. The summed E-state index contributed by atoms with van der Waals surface area (Å²) in [5, 5.41) is 6.11. The lowest BCUT2D eigenvalue weighted by atomic mass is 9.97. The molecule has 146 valence electrons. The molecule has 0 aliphatic heterocycles. The smallest absolute Gasteiger partial charge is 0.227 e. The van der Waals surface area contributed by atoms with Crippen LogP contribution in [0.15, 0.2) is 72.2 Å². The quantitative estimate of drug-likeness (QED) is 0.431. The molecule has 1 unspecified atom stereocenters. The highest BCUT2D eigenvalue weighted by Crippen LogP contribution is 2.20. The third kappa shape index (κ3) is 4.15. The number of benzene rings is 2. The molecule has 0 saturated carbocycles. The zero-order valence-corrected chi connectivity index (χ0v) is 17.0. The molecule has 4 aromatic rings. The van der Waals surface area contributed by atoms with Crippen molar-refractivity contribution in [2.75, 3.05) is 6.54 Å². The number of aromatic nitrogens is 1. The molecule has 2 aromatic carbocycles. The summed E-state index contributed by atoms with van der Waals surface area (Å²) in [6, 6.07) is 19.2. The fourth-order valence-electron chi connectivity index (χ4n) is 3.44. The number of para-hydroxylation sites is 1. The van der Waals surface area contributed by atoms with Gasteiger partial charge >= 0.3 is 0 Å². The predicted molar refractivity (Wildman–Crippen MR) is 118 cm³/mol. The van der Waals surface area contributed by atoms with E-state index in [1.54, 1.807) is 12.1 Å². The molecule has 0 bridgehead atoms. The van der Waals surface area contributed by atoms with Crippen LogP contribution in [0.1, 0.15) is 39.2 Å². The minimum Gasteiger partial charge on any atom is -0.361 e. The standard InChI is InChI=1S/C24H22N2O2S/c1-16(17-8-10-18(11-9-17)23(27)22-7-4-14-29-22)24(28)25-13-12-19-15-26-21-6-3-2-5-20(19)21/h2-11,14-16,26H,12-13H2,1H3,(H,25,28). The SMILES string of the molecule is CC(C(=O)NCCc1c[nH]c2ccccc12)c1ccc(C(=O)c2cccs2)cc1. The molecule has 0 spiro atoms. The molecule has 2 heterocycles. The first kappa shape index (κ1) is 19.2. The van der Waals surface area contributed by atoms with Gasteiger partial charge in [-0.3, -0.25) is 9.59 Å². The largest absolute Gasteiger partial charge is 0.361 e. The molecule has 0 radical (unpaired) electrons. The Kier molecular flexibility index (Phi) is 5.58. The van der Waals surface area contributed by atoms with Gasteiger partial charge in [-0.05, 0) is 42.0 Å². The molecule has 0 fully saturated rings. The van der Waals surface area contributed by atoms with E-state index < -0.39 is 0 Å². The molecule has 1 amide bonds. The number of nitrogens with one attached hydrogen (secondary N) is 2. The molecule has 4 rings (SSSR count). The number of thiophene rings is 1. The minimum atomic E-state index is -0.274. The van der Waals surface area contributed by atoms with E-state index in [1.165, 1.54) is 22.3 Å². The van der Waals surface area contributed by atoms with E-state index in [1.807, 2.05) is 61.0 Å². The topological polar surface area (TPSA) is 62.0 Å². The van der Waals surface area contributed by atoms with Crippen molar-refractivity contribution in [2.24, 2.45) is 0 Å². The van der Waals surface area contributed by atoms with Crippen LogP contribution in [0.3, 0.4) is 0 Å². The molecular formula is C24H22N2O2S. The van der Waals surface area contributed by atoms with Gasteiger partial charge in [0.15, 0.2) is 0 Å². The monoisotopic (exact) mass is 402 g/mol. The van der Waals surface area contributed by atoms with Gasteiger partial charge in [0.25, 0.3) is 0 Å². The minimum absolute atomic E-state index is 0.0119. The number of hydrogen-bond donors (Lipinski definition) is 2. The number of H-pyrrole nitrogens is 1. The lowest BCUT2D eigenvalue weighted by molar-refractivity contribution is -0.122. The maximum Gasteiger partial charge on any atom is 0.227 e. The predicted octanol–water partition coefficient (Wildman–Crippen LogP) is 4.92. The van der Waals surface area contributed by atoms with Crippen molar-refractivity contribution in [3.63, 3.8) is 0 Å². The van der Waals surface area contributed by atoms with Crippen LogP contribution in [0.5, 0.6) is 0 Å². The maximum absolute atomic E-state index is 12.6. The van der Waals surface area contributed by atoms with Crippen molar-refractivity contribution < 1.29 is 9.59 Å². The summed E-state index contributed by atoms with van der Waals surface area (Å²) < 4.78 is 0. The number of carbonyl (C=O) groups is 2. The highest BCUT2D eigenvalue weighted by molar-refractivity contribution is 7.12. The van der Waals surface area contributed by atoms with Crippen LogP contribution in [-0.2, 0) is 11.2 Å². The fraction of sp³-hybridized carbons (Fsp3) is 0.167. The van der Waals surface area contributed by atoms with E-state index in [9.17, 15) is 9.59 Å². The number of carbonyl (C=O) groups excluding carboxylic acids is 2. The van der Waals surface area contributed by atoms with E-state index in [2.05, 4.69) is 16.4 Å². The molecule has 0 aliphatic rings. The number of hydrogen-bond acceptors (Lipinski definition) is 3. The lowest BCUT2D eigenvalue weighted by Gasteiger charge is -2.13. The summed E-state index contributed by atoms with van der Waals surface area (Å²) in [6.45, 7) is 2.47. The first-order chi connectivity index (χ1) is 14.1. The first-order valence-corrected chi connectivity index (χ1v) is 10.5. The van der Waals surface area contributed by atoms with Crippen molar-refractivity contribution in [1.29, 1.82) is 0 Å². The third-order valence-corrected chi connectivity index (χ3v) is 6.05. The molecule has 2 aromatic heterocycles. The van der Waals surface area contributed by atoms with Crippen LogP contribution in [0.2, 0.25) is 0 Å². The van der Waals surface area contributed by atoms with Gasteiger partial charge in [-0.1, -0.05) is 48.5 Å². The Balaban J connectivity index is 1.34. The van der Waals surface area contributed by atoms with Crippen LogP contribution >= 0.6 is 11.3 Å². The molecule has 2 N–H and O–H groups in total. The van der Waals surface area contributed by atoms with E-state index >= 15 is 0 Å². The molecule has 0 aliphatic carbocycles. The van der Waals surface area contributed by atoms with Gasteiger partial charge in [0, 0.05) is 29.2 Å². The summed E-state index contributed by atoms with van der Waals surface area (Å²) in [4.78, 5) is 28.9. The first-order valence-electron chi connectivity index (χ1n) is 9.64. The van der Waals surface area contributed by atoms with Crippen molar-refractivity contribution in [2.45, 2.75) is 19.3 Å². The average Bonchev–Trinajstić information content (AvgIpc) is 3.43. The highest BCUT2D eigenvalue weighted by atomic mass is 32.1. The fourth-order valence-corrected chi connectivity index (χ4v) is 4.12. The van der Waals surface area contributed by atoms with Gasteiger partial charge in [-0.25, -0.2) is 0 Å². The highest BCUT2D eigenvalue weighted by Gasteiger charge is 2.16. The van der Waals surface area contributed by atoms with Gasteiger partial charge in [-0.15, -0.1) is 11.3 Å². The van der Waals surface area contributed by atoms with E-state index in [-0.39, 0.29) is 17.6 Å². The zero-order valence-electron chi connectivity index (χ0n) is 16.1. The second-order valence-corrected chi connectivity index (χ2v) is 8.00. The van der Waals surface area contributed by atoms with Crippen LogP contribution in [0, 0.1) is 0 Å². The molecule has 1 atom stereocenters. The summed E-state index contributed by atoms with van der Waals surface area (Å²) >= 11 is 1.43. The molecule has 4 nitrogen and oxygen atoms in total. The van der Waals surface area contributed by atoms with Gasteiger partial charge in [-0.2, -0.15) is 0 Å². The van der Waals surface area contributed by atoms with E-state index in [0.29, 0.717) is 12.1 Å². The van der Waals surface area contributed by atoms with Crippen molar-refractivity contribution in [3.05, 3.63) is 93.8 Å². The molecule has 0 saturated heterocycles. The Morgan fingerprint density at radius 3 is 2.59 bits per heavy atom. The van der Waals surface area contributed by atoms with Crippen LogP contribution in [0.4, 0.5) is 0 Å². The van der Waals surface area contributed by atoms with Crippen molar-refractivity contribution in [3.8, 4) is 0 Å². The average molecular weight is 403 g/mol. The van der Waals surface area contributed by atoms with Crippen LogP contribution < -0.4 is 5.32 Å². The zero-order chi connectivity index (χ0) is 20.2. The van der Waals surface area contributed by atoms with Gasteiger partial charge < -0.3 is 10.3 Å². The third-order valence-electron chi connectivity index (χ3n) is 5.18.